The number of aromatic nitrogens is 1. The minimum atomic E-state index is -1.53. The van der Waals surface area contributed by atoms with E-state index in [0.29, 0.717) is 17.2 Å². The van der Waals surface area contributed by atoms with E-state index in [9.17, 15) is 9.59 Å². The highest BCUT2D eigenvalue weighted by molar-refractivity contribution is 7.13. The van der Waals surface area contributed by atoms with Gasteiger partial charge >= 0.3 is 5.97 Å². The Bertz CT molecular complexity index is 610. The molecule has 0 aromatic carbocycles. The van der Waals surface area contributed by atoms with E-state index >= 15 is 0 Å². The maximum Gasteiger partial charge on any atom is 0.371 e. The highest BCUT2D eigenvalue weighted by Gasteiger charge is 2.15. The van der Waals surface area contributed by atoms with Gasteiger partial charge in [0.25, 0.3) is 0 Å². The predicted octanol–water partition coefficient (Wildman–Crippen LogP) is 2.45. The SMILES string of the molecule is O=C(O)C(O)=CC(=O)c1c[nH]cc1-c1cccs1. The quantitative estimate of drug-likeness (QED) is 0.449. The Morgan fingerprint density at radius 2 is 2.06 bits per heavy atom. The molecular formula is C12H9NO4S. The third-order valence-electron chi connectivity index (χ3n) is 2.28. The summed E-state index contributed by atoms with van der Waals surface area (Å²) in [4.78, 5) is 26.0. The summed E-state index contributed by atoms with van der Waals surface area (Å²) in [7, 11) is 0. The van der Waals surface area contributed by atoms with Crippen LogP contribution in [-0.4, -0.2) is 26.9 Å². The van der Waals surface area contributed by atoms with Crippen LogP contribution in [0.3, 0.4) is 0 Å². The van der Waals surface area contributed by atoms with Crippen molar-refractivity contribution in [2.75, 3.05) is 0 Å². The molecule has 0 aliphatic rings. The molecule has 3 N–H and O–H groups in total. The van der Waals surface area contributed by atoms with Gasteiger partial charge in [0.1, 0.15) is 0 Å². The highest BCUT2D eigenvalue weighted by Crippen LogP contribution is 2.28. The van der Waals surface area contributed by atoms with Gasteiger partial charge in [-0.15, -0.1) is 11.3 Å². The van der Waals surface area contributed by atoms with Gasteiger partial charge in [-0.1, -0.05) is 6.07 Å². The van der Waals surface area contributed by atoms with Crippen LogP contribution in [0, 0.1) is 0 Å². The number of aliphatic hydroxyl groups is 1. The second-order valence-electron chi connectivity index (χ2n) is 3.46. The molecule has 92 valence electrons. The normalized spacial score (nSPS) is 11.4. The summed E-state index contributed by atoms with van der Waals surface area (Å²) in [6, 6.07) is 3.71. The van der Waals surface area contributed by atoms with Gasteiger partial charge in [0, 0.05) is 34.5 Å². The van der Waals surface area contributed by atoms with Crippen molar-refractivity contribution in [1.82, 2.24) is 4.98 Å². The van der Waals surface area contributed by atoms with Crippen molar-refractivity contribution in [3.63, 3.8) is 0 Å². The third kappa shape index (κ3) is 2.33. The average Bonchev–Trinajstić information content (AvgIpc) is 2.99. The zero-order valence-electron chi connectivity index (χ0n) is 9.08. The summed E-state index contributed by atoms with van der Waals surface area (Å²) in [6.07, 6.45) is 3.83. The van der Waals surface area contributed by atoms with Crippen molar-refractivity contribution in [1.29, 1.82) is 0 Å². The Labute approximate surface area is 106 Å². The van der Waals surface area contributed by atoms with Crippen molar-refractivity contribution in [2.45, 2.75) is 0 Å². The van der Waals surface area contributed by atoms with E-state index in [2.05, 4.69) is 4.98 Å². The molecule has 2 rings (SSSR count). The number of rotatable bonds is 4. The molecule has 18 heavy (non-hydrogen) atoms. The number of hydrogen-bond donors (Lipinski definition) is 3. The van der Waals surface area contributed by atoms with Crippen molar-refractivity contribution in [3.8, 4) is 10.4 Å². The van der Waals surface area contributed by atoms with Crippen LogP contribution in [-0.2, 0) is 4.79 Å². The lowest BCUT2D eigenvalue weighted by atomic mass is 10.1. The summed E-state index contributed by atoms with van der Waals surface area (Å²) >= 11 is 1.47. The molecule has 0 spiro atoms. The first-order valence-corrected chi connectivity index (χ1v) is 5.86. The molecule has 0 saturated heterocycles. The lowest BCUT2D eigenvalue weighted by Gasteiger charge is -1.97. The Morgan fingerprint density at radius 3 is 2.67 bits per heavy atom. The largest absolute Gasteiger partial charge is 0.502 e. The number of H-pyrrole nitrogens is 1. The molecule has 0 bridgehead atoms. The molecule has 0 saturated carbocycles. The smallest absolute Gasteiger partial charge is 0.371 e. The number of nitrogens with one attached hydrogen (secondary N) is 1. The fourth-order valence-corrected chi connectivity index (χ4v) is 2.22. The molecule has 5 nitrogen and oxygen atoms in total. The number of carboxylic acid groups (broad SMARTS) is 1. The van der Waals surface area contributed by atoms with Gasteiger partial charge in [-0.05, 0) is 11.4 Å². The van der Waals surface area contributed by atoms with Crippen LogP contribution in [0.25, 0.3) is 10.4 Å². The first-order chi connectivity index (χ1) is 8.59. The number of carbonyl (C=O) groups is 2. The predicted molar refractivity (Wildman–Crippen MR) is 66.8 cm³/mol. The fourth-order valence-electron chi connectivity index (χ4n) is 1.47. The molecule has 0 atom stereocenters. The third-order valence-corrected chi connectivity index (χ3v) is 3.19. The van der Waals surface area contributed by atoms with Crippen LogP contribution in [0.1, 0.15) is 10.4 Å². The minimum Gasteiger partial charge on any atom is -0.502 e. The average molecular weight is 263 g/mol. The van der Waals surface area contributed by atoms with Gasteiger partial charge in [-0.3, -0.25) is 4.79 Å². The van der Waals surface area contributed by atoms with Gasteiger partial charge < -0.3 is 15.2 Å². The Morgan fingerprint density at radius 1 is 1.28 bits per heavy atom. The maximum atomic E-state index is 11.8. The molecule has 6 heteroatoms. The number of allylic oxidation sites excluding steroid dienone is 1. The standard InChI is InChI=1S/C12H9NO4S/c14-9(4-10(15)12(16)17)7-5-13-6-8(7)11-2-1-3-18-11/h1-6,13,15H,(H,16,17). The second kappa shape index (κ2) is 4.89. The number of thiophene rings is 1. The van der Waals surface area contributed by atoms with Crippen LogP contribution < -0.4 is 0 Å². The summed E-state index contributed by atoms with van der Waals surface area (Å²) in [5, 5.41) is 19.4. The van der Waals surface area contributed by atoms with E-state index < -0.39 is 17.5 Å². The first-order valence-electron chi connectivity index (χ1n) is 4.98. The van der Waals surface area contributed by atoms with E-state index in [1.54, 1.807) is 6.20 Å². The molecule has 0 aliphatic heterocycles. The molecule has 0 fully saturated rings. The number of aliphatic hydroxyl groups excluding tert-OH is 1. The lowest BCUT2D eigenvalue weighted by molar-refractivity contribution is -0.135. The van der Waals surface area contributed by atoms with Crippen LogP contribution in [0.15, 0.2) is 41.7 Å². The molecule has 0 aliphatic carbocycles. The van der Waals surface area contributed by atoms with Crippen LogP contribution in [0.5, 0.6) is 0 Å². The molecule has 2 aromatic rings. The zero-order valence-corrected chi connectivity index (χ0v) is 9.90. The molecule has 0 unspecified atom stereocenters. The molecule has 0 radical (unpaired) electrons. The fraction of sp³-hybridized carbons (Fsp3) is 0. The number of ketones is 1. The van der Waals surface area contributed by atoms with Gasteiger partial charge in [0.2, 0.25) is 5.76 Å². The van der Waals surface area contributed by atoms with Crippen LogP contribution in [0.2, 0.25) is 0 Å². The Hall–Kier alpha value is -2.34. The van der Waals surface area contributed by atoms with E-state index in [1.165, 1.54) is 17.5 Å². The second-order valence-corrected chi connectivity index (χ2v) is 4.41. The van der Waals surface area contributed by atoms with Crippen molar-refractivity contribution < 1.29 is 19.8 Å². The van der Waals surface area contributed by atoms with Gasteiger partial charge in [-0.25, -0.2) is 4.79 Å². The minimum absolute atomic E-state index is 0.324. The number of aliphatic carboxylic acids is 1. The topological polar surface area (TPSA) is 90.4 Å². The molecular weight excluding hydrogens is 254 g/mol. The van der Waals surface area contributed by atoms with E-state index in [4.69, 9.17) is 10.2 Å². The molecule has 0 amide bonds. The molecule has 2 heterocycles. The van der Waals surface area contributed by atoms with E-state index in [0.717, 1.165) is 4.88 Å². The monoisotopic (exact) mass is 263 g/mol. The number of carboxylic acids is 1. The van der Waals surface area contributed by atoms with Gasteiger partial charge in [0.15, 0.2) is 5.78 Å². The van der Waals surface area contributed by atoms with Crippen molar-refractivity contribution in [2.24, 2.45) is 0 Å². The van der Waals surface area contributed by atoms with Crippen LogP contribution >= 0.6 is 11.3 Å². The Balaban J connectivity index is 2.36. The highest BCUT2D eigenvalue weighted by atomic mass is 32.1. The van der Waals surface area contributed by atoms with Crippen LogP contribution in [0.4, 0.5) is 0 Å². The maximum absolute atomic E-state index is 11.8. The van der Waals surface area contributed by atoms with Crippen molar-refractivity contribution >= 4 is 23.1 Å². The van der Waals surface area contributed by atoms with Gasteiger partial charge in [0.05, 0.1) is 0 Å². The zero-order chi connectivity index (χ0) is 13.1. The number of carbonyl (C=O) groups excluding carboxylic acids is 1. The summed E-state index contributed by atoms with van der Waals surface area (Å²) < 4.78 is 0. The summed E-state index contributed by atoms with van der Waals surface area (Å²) in [5.41, 5.74) is 1.01. The summed E-state index contributed by atoms with van der Waals surface area (Å²) in [6.45, 7) is 0. The lowest BCUT2D eigenvalue weighted by Crippen LogP contribution is -2.03. The first kappa shape index (κ1) is 12.1. The number of hydrogen-bond acceptors (Lipinski definition) is 4. The number of aromatic amines is 1. The van der Waals surface area contributed by atoms with Crippen molar-refractivity contribution in [3.05, 3.63) is 47.3 Å². The Kier molecular flexibility index (Phi) is 3.29. The van der Waals surface area contributed by atoms with Gasteiger partial charge in [-0.2, -0.15) is 0 Å². The summed E-state index contributed by atoms with van der Waals surface area (Å²) in [5.74, 6) is -3.06. The van der Waals surface area contributed by atoms with E-state index in [1.807, 2.05) is 17.5 Å². The van der Waals surface area contributed by atoms with E-state index in [-0.39, 0.29) is 0 Å². The molecule has 2 aromatic heterocycles.